The molecule has 0 fully saturated rings. The number of nitrogens with one attached hydrogen (secondary N) is 1. The summed E-state index contributed by atoms with van der Waals surface area (Å²) in [6.45, 7) is 8.69. The quantitative estimate of drug-likeness (QED) is 0.512. The number of aryl methyl sites for hydroxylation is 2. The number of benzene rings is 2. The van der Waals surface area contributed by atoms with Gasteiger partial charge in [-0.2, -0.15) is 0 Å². The molecule has 1 aliphatic rings. The maximum atomic E-state index is 13.2. The van der Waals surface area contributed by atoms with Crippen molar-refractivity contribution in [2.45, 2.75) is 33.2 Å². The summed E-state index contributed by atoms with van der Waals surface area (Å²) in [7, 11) is 3.45. The van der Waals surface area contributed by atoms with Gasteiger partial charge in [0.15, 0.2) is 0 Å². The molecule has 0 radical (unpaired) electrons. The maximum Gasteiger partial charge on any atom is 0.135 e. The molecule has 0 bridgehead atoms. The topological polar surface area (TPSA) is 24.4 Å². The van der Waals surface area contributed by atoms with E-state index in [1.165, 1.54) is 39.3 Å². The zero-order valence-corrected chi connectivity index (χ0v) is 16.2. The molecule has 5 heteroatoms. The van der Waals surface area contributed by atoms with Crippen LogP contribution in [0.1, 0.15) is 29.9 Å². The van der Waals surface area contributed by atoms with E-state index in [-0.39, 0.29) is 11.4 Å². The lowest BCUT2D eigenvalue weighted by Crippen LogP contribution is -2.31. The van der Waals surface area contributed by atoms with Gasteiger partial charge in [-0.05, 0) is 75.2 Å². The van der Waals surface area contributed by atoms with E-state index in [4.69, 9.17) is 4.99 Å². The van der Waals surface area contributed by atoms with Crippen LogP contribution in [0.25, 0.3) is 11.1 Å². The summed E-state index contributed by atoms with van der Waals surface area (Å²) in [6.07, 6.45) is 0. The number of fused-ring (bicyclic) bond motifs is 3. The molecule has 0 spiro atoms. The van der Waals surface area contributed by atoms with Crippen molar-refractivity contribution >= 4 is 32.1 Å². The van der Waals surface area contributed by atoms with E-state index in [9.17, 15) is 4.39 Å². The first-order chi connectivity index (χ1) is 11.8. The molecule has 4 rings (SSSR count). The number of halogens is 1. The molecule has 1 aromatic heterocycles. The molecule has 0 atom stereocenters. The Morgan fingerprint density at radius 2 is 1.68 bits per heavy atom. The van der Waals surface area contributed by atoms with E-state index in [2.05, 4.69) is 45.1 Å². The van der Waals surface area contributed by atoms with Crippen molar-refractivity contribution in [1.82, 2.24) is 0 Å². The lowest BCUT2D eigenvalue weighted by molar-refractivity contribution is 0.619. The molecule has 2 heterocycles. The highest BCUT2D eigenvalue weighted by atomic mass is 32.9. The van der Waals surface area contributed by atoms with Crippen LogP contribution < -0.4 is 9.99 Å². The Balaban J connectivity index is 1.98. The Morgan fingerprint density at radius 1 is 1.00 bits per heavy atom. The fourth-order valence-electron chi connectivity index (χ4n) is 3.14. The van der Waals surface area contributed by atoms with E-state index in [1.807, 2.05) is 0 Å². The van der Waals surface area contributed by atoms with E-state index in [0.29, 0.717) is 0 Å². The van der Waals surface area contributed by atoms with Crippen LogP contribution >= 0.6 is 20.7 Å². The molecule has 2 aromatic carbocycles. The van der Waals surface area contributed by atoms with Crippen LogP contribution in [-0.4, -0.2) is 0 Å². The first kappa shape index (κ1) is 16.5. The predicted molar refractivity (Wildman–Crippen MR) is 105 cm³/mol. The smallest absolute Gasteiger partial charge is 0.135 e. The average molecular weight is 371 g/mol. The maximum absolute atomic E-state index is 13.2. The van der Waals surface area contributed by atoms with Crippen molar-refractivity contribution in [3.8, 4) is 11.1 Å². The van der Waals surface area contributed by atoms with Gasteiger partial charge in [0.1, 0.15) is 10.5 Å². The Labute approximate surface area is 154 Å². The van der Waals surface area contributed by atoms with Gasteiger partial charge in [0.25, 0.3) is 0 Å². The van der Waals surface area contributed by atoms with Crippen molar-refractivity contribution in [3.63, 3.8) is 0 Å². The number of rotatable bonds is 1. The van der Waals surface area contributed by atoms with Gasteiger partial charge < -0.3 is 5.32 Å². The number of nitrogens with zero attached hydrogens (tertiary/aromatic N) is 1. The number of hydrogen-bond acceptors (Lipinski definition) is 4. The fraction of sp³-hybridized carbons (Fsp3) is 0.250. The molecule has 0 amide bonds. The Morgan fingerprint density at radius 3 is 2.40 bits per heavy atom. The Bertz CT molecular complexity index is 1030. The standard InChI is InChI=1S/C20H19FN2S2/c1-11-9-15-16(10-12(11)2)23-20(3,4)18-17(15)19(25-24-18)22-14-7-5-13(21)6-8-14/h5-10,23H,1-4H3. The molecule has 0 saturated heterocycles. The van der Waals surface area contributed by atoms with Gasteiger partial charge in [0, 0.05) is 16.8 Å². The minimum Gasteiger partial charge on any atom is -0.375 e. The Hall–Kier alpha value is -1.98. The second kappa shape index (κ2) is 5.78. The van der Waals surface area contributed by atoms with Crippen LogP contribution in [0, 0.1) is 19.7 Å². The van der Waals surface area contributed by atoms with Crippen LogP contribution in [0.2, 0.25) is 0 Å². The van der Waals surface area contributed by atoms with E-state index < -0.39 is 0 Å². The van der Waals surface area contributed by atoms with Crippen LogP contribution in [0.3, 0.4) is 0 Å². The summed E-state index contributed by atoms with van der Waals surface area (Å²) in [4.78, 5) is 6.11. The monoisotopic (exact) mass is 370 g/mol. The highest BCUT2D eigenvalue weighted by Gasteiger charge is 2.33. The predicted octanol–water partition coefficient (Wildman–Crippen LogP) is 6.13. The number of anilines is 1. The Kier molecular flexibility index (Phi) is 3.81. The van der Waals surface area contributed by atoms with E-state index in [0.717, 1.165) is 16.0 Å². The third-order valence-electron chi connectivity index (χ3n) is 4.62. The van der Waals surface area contributed by atoms with Gasteiger partial charge in [-0.25, -0.2) is 9.38 Å². The summed E-state index contributed by atoms with van der Waals surface area (Å²) in [6, 6.07) is 10.8. The van der Waals surface area contributed by atoms with Gasteiger partial charge >= 0.3 is 0 Å². The highest BCUT2D eigenvalue weighted by Crippen LogP contribution is 2.46. The number of hydrogen-bond donors (Lipinski definition) is 1. The summed E-state index contributed by atoms with van der Waals surface area (Å²) in [5.74, 6) is -0.239. The van der Waals surface area contributed by atoms with Crippen LogP contribution in [0.5, 0.6) is 0 Å². The third kappa shape index (κ3) is 2.81. The molecule has 2 nitrogen and oxygen atoms in total. The molecular weight excluding hydrogens is 351 g/mol. The molecule has 1 aliphatic heterocycles. The molecule has 1 N–H and O–H groups in total. The van der Waals surface area contributed by atoms with Crippen molar-refractivity contribution in [3.05, 3.63) is 62.9 Å². The van der Waals surface area contributed by atoms with Gasteiger partial charge in [-0.3, -0.25) is 0 Å². The van der Waals surface area contributed by atoms with Crippen LogP contribution in [0.15, 0.2) is 41.4 Å². The fourth-order valence-corrected chi connectivity index (χ4v) is 6.08. The molecule has 0 unspecified atom stereocenters. The molecule has 0 saturated carbocycles. The minimum atomic E-state index is -0.239. The molecule has 0 aliphatic carbocycles. The van der Waals surface area contributed by atoms with Crippen molar-refractivity contribution in [1.29, 1.82) is 0 Å². The molecule has 3 aromatic rings. The van der Waals surface area contributed by atoms with Crippen molar-refractivity contribution in [2.75, 3.05) is 5.32 Å². The second-order valence-corrected chi connectivity index (χ2v) is 9.12. The van der Waals surface area contributed by atoms with E-state index in [1.54, 1.807) is 32.8 Å². The highest BCUT2D eigenvalue weighted by molar-refractivity contribution is 7.68. The molecular formula is C20H19FN2S2. The van der Waals surface area contributed by atoms with Crippen molar-refractivity contribution in [2.24, 2.45) is 4.99 Å². The van der Waals surface area contributed by atoms with Gasteiger partial charge in [0.2, 0.25) is 0 Å². The third-order valence-corrected chi connectivity index (χ3v) is 7.26. The summed E-state index contributed by atoms with van der Waals surface area (Å²) < 4.78 is 14.2. The van der Waals surface area contributed by atoms with Crippen LogP contribution in [0.4, 0.5) is 15.8 Å². The minimum absolute atomic E-state index is 0.137. The van der Waals surface area contributed by atoms with Gasteiger partial charge in [-0.15, -0.1) is 0 Å². The van der Waals surface area contributed by atoms with Crippen molar-refractivity contribution < 1.29 is 4.39 Å². The van der Waals surface area contributed by atoms with Gasteiger partial charge in [-0.1, -0.05) is 20.7 Å². The van der Waals surface area contributed by atoms with E-state index >= 15 is 0 Å². The molecule has 25 heavy (non-hydrogen) atoms. The summed E-state index contributed by atoms with van der Waals surface area (Å²) >= 11 is 0. The summed E-state index contributed by atoms with van der Waals surface area (Å²) in [5, 5.41) is 3.67. The normalized spacial score (nSPS) is 15.5. The average Bonchev–Trinajstić information content (AvgIpc) is 2.97. The second-order valence-electron chi connectivity index (χ2n) is 7.00. The zero-order valence-electron chi connectivity index (χ0n) is 14.6. The lowest BCUT2D eigenvalue weighted by atomic mass is 9.88. The first-order valence-corrected chi connectivity index (χ1v) is 10.3. The molecule has 128 valence electrons. The van der Waals surface area contributed by atoms with Crippen LogP contribution in [-0.2, 0) is 5.54 Å². The van der Waals surface area contributed by atoms with Gasteiger partial charge in [0.05, 0.1) is 16.1 Å². The summed E-state index contributed by atoms with van der Waals surface area (Å²) in [5.41, 5.74) is 6.76. The lowest BCUT2D eigenvalue weighted by Gasteiger charge is -2.33. The largest absolute Gasteiger partial charge is 0.375 e. The first-order valence-electron chi connectivity index (χ1n) is 8.19. The zero-order chi connectivity index (χ0) is 17.8. The SMILES string of the molecule is Cc1cc2c(cc1C)-c1c(ssc1=Nc1ccc(F)cc1)C(C)(C)N2.